The smallest absolute Gasteiger partial charge is 0.336 e. The predicted molar refractivity (Wildman–Crippen MR) is 117 cm³/mol. The van der Waals surface area contributed by atoms with Gasteiger partial charge >= 0.3 is 11.9 Å². The van der Waals surface area contributed by atoms with Gasteiger partial charge in [0.15, 0.2) is 11.5 Å². The minimum atomic E-state index is -0.568. The maximum atomic E-state index is 12.0. The summed E-state index contributed by atoms with van der Waals surface area (Å²) in [5.74, 6) is -0.160. The van der Waals surface area contributed by atoms with Gasteiger partial charge in [-0.2, -0.15) is 0 Å². The lowest BCUT2D eigenvalue weighted by Crippen LogP contribution is -2.19. The number of methoxy groups -OCH3 is 1. The van der Waals surface area contributed by atoms with Crippen molar-refractivity contribution in [2.45, 2.75) is 25.1 Å². The molecule has 8 heteroatoms. The summed E-state index contributed by atoms with van der Waals surface area (Å²) in [5, 5.41) is 2.63. The van der Waals surface area contributed by atoms with Crippen molar-refractivity contribution in [1.82, 2.24) is 0 Å². The number of nitrogens with one attached hydrogen (secondary N) is 1. The molecule has 1 N–H and O–H groups in total. The van der Waals surface area contributed by atoms with Gasteiger partial charge in [0.2, 0.25) is 5.91 Å². The van der Waals surface area contributed by atoms with Crippen LogP contribution in [-0.2, 0) is 14.4 Å². The van der Waals surface area contributed by atoms with Gasteiger partial charge in [-0.25, -0.2) is 4.79 Å². The lowest BCUT2D eigenvalue weighted by Gasteiger charge is -2.11. The van der Waals surface area contributed by atoms with Crippen molar-refractivity contribution in [2.75, 3.05) is 12.4 Å². The number of esters is 2. The SMILES string of the molecule is CCC(Br)C(=O)Oc1ccc(/C=C/C(=O)Oc2ccc(NC(C)=O)cc2)cc1OC. The molecule has 0 aliphatic heterocycles. The van der Waals surface area contributed by atoms with Crippen LogP contribution in [0.3, 0.4) is 0 Å². The predicted octanol–water partition coefficient (Wildman–Crippen LogP) is 4.35. The molecule has 1 amide bonds. The third kappa shape index (κ3) is 7.04. The van der Waals surface area contributed by atoms with Crippen molar-refractivity contribution in [1.29, 1.82) is 0 Å². The number of carbonyl (C=O) groups is 3. The number of amides is 1. The van der Waals surface area contributed by atoms with E-state index >= 15 is 0 Å². The fourth-order valence-corrected chi connectivity index (χ4v) is 2.43. The Hall–Kier alpha value is -3.13. The van der Waals surface area contributed by atoms with Gasteiger partial charge in [-0.15, -0.1) is 0 Å². The van der Waals surface area contributed by atoms with Crippen molar-refractivity contribution in [3.05, 3.63) is 54.1 Å². The molecule has 0 heterocycles. The van der Waals surface area contributed by atoms with E-state index in [-0.39, 0.29) is 5.91 Å². The van der Waals surface area contributed by atoms with Crippen LogP contribution >= 0.6 is 15.9 Å². The molecule has 1 atom stereocenters. The molecular formula is C22H22BrNO6. The highest BCUT2D eigenvalue weighted by atomic mass is 79.9. The molecule has 0 aliphatic carbocycles. The first-order valence-corrected chi connectivity index (χ1v) is 10.0. The highest BCUT2D eigenvalue weighted by molar-refractivity contribution is 9.10. The van der Waals surface area contributed by atoms with Gasteiger partial charge in [-0.1, -0.05) is 28.9 Å². The van der Waals surface area contributed by atoms with E-state index in [1.54, 1.807) is 48.5 Å². The normalized spacial score (nSPS) is 11.6. The summed E-state index contributed by atoms with van der Waals surface area (Å²) in [6, 6.07) is 11.4. The molecule has 2 aromatic carbocycles. The first-order valence-electron chi connectivity index (χ1n) is 9.13. The summed E-state index contributed by atoms with van der Waals surface area (Å²) in [7, 11) is 1.46. The first kappa shape index (κ1) is 23.2. The molecule has 0 aromatic heterocycles. The second-order valence-corrected chi connectivity index (χ2v) is 7.27. The maximum absolute atomic E-state index is 12.0. The number of halogens is 1. The molecule has 0 fully saturated rings. The van der Waals surface area contributed by atoms with Gasteiger partial charge in [0.25, 0.3) is 0 Å². The standard InChI is InChI=1S/C22H22BrNO6/c1-4-18(23)22(27)30-19-11-5-15(13-20(19)28-3)6-12-21(26)29-17-9-7-16(8-10-17)24-14(2)25/h5-13,18H,4H2,1-3H3,(H,24,25)/b12-6+. The maximum Gasteiger partial charge on any atom is 0.336 e. The Labute approximate surface area is 183 Å². The van der Waals surface area contributed by atoms with E-state index in [1.807, 2.05) is 6.92 Å². The molecule has 0 saturated carbocycles. The Bertz CT molecular complexity index is 939. The highest BCUT2D eigenvalue weighted by Gasteiger charge is 2.17. The minimum Gasteiger partial charge on any atom is -0.493 e. The molecule has 158 valence electrons. The molecule has 2 aromatic rings. The van der Waals surface area contributed by atoms with Gasteiger partial charge in [-0.3, -0.25) is 9.59 Å². The van der Waals surface area contributed by atoms with Crippen LogP contribution in [0.4, 0.5) is 5.69 Å². The quantitative estimate of drug-likeness (QED) is 0.264. The minimum absolute atomic E-state index is 0.184. The Morgan fingerprint density at radius 2 is 1.77 bits per heavy atom. The van der Waals surface area contributed by atoms with E-state index in [0.717, 1.165) is 0 Å². The van der Waals surface area contributed by atoms with E-state index < -0.39 is 16.8 Å². The molecule has 1 unspecified atom stereocenters. The summed E-state index contributed by atoms with van der Waals surface area (Å²) in [4.78, 5) is 34.6. The van der Waals surface area contributed by atoms with Gasteiger partial charge in [0.1, 0.15) is 10.6 Å². The van der Waals surface area contributed by atoms with Crippen LogP contribution in [0.25, 0.3) is 6.08 Å². The lowest BCUT2D eigenvalue weighted by molar-refractivity contribution is -0.133. The number of carbonyl (C=O) groups excluding carboxylic acids is 3. The zero-order valence-electron chi connectivity index (χ0n) is 16.8. The summed E-state index contributed by atoms with van der Waals surface area (Å²) >= 11 is 3.25. The number of alkyl halides is 1. The van der Waals surface area contributed by atoms with Gasteiger partial charge in [0, 0.05) is 18.7 Å². The molecule has 0 spiro atoms. The largest absolute Gasteiger partial charge is 0.493 e. The highest BCUT2D eigenvalue weighted by Crippen LogP contribution is 2.29. The average Bonchev–Trinajstić information content (AvgIpc) is 2.73. The average molecular weight is 476 g/mol. The van der Waals surface area contributed by atoms with Crippen LogP contribution in [0.1, 0.15) is 25.8 Å². The van der Waals surface area contributed by atoms with E-state index in [2.05, 4.69) is 21.2 Å². The molecule has 0 bridgehead atoms. The summed E-state index contributed by atoms with van der Waals surface area (Å²) < 4.78 is 15.8. The number of hydrogen-bond donors (Lipinski definition) is 1. The lowest BCUT2D eigenvalue weighted by atomic mass is 10.2. The third-order valence-electron chi connectivity index (χ3n) is 3.82. The van der Waals surface area contributed by atoms with Crippen molar-refractivity contribution in [3.63, 3.8) is 0 Å². The Morgan fingerprint density at radius 1 is 1.07 bits per heavy atom. The van der Waals surface area contributed by atoms with Gasteiger partial charge < -0.3 is 19.5 Å². The second kappa shape index (κ2) is 11.2. The van der Waals surface area contributed by atoms with Crippen LogP contribution in [0.15, 0.2) is 48.5 Å². The Kier molecular flexibility index (Phi) is 8.61. The van der Waals surface area contributed by atoms with Crippen LogP contribution in [-0.4, -0.2) is 29.8 Å². The number of ether oxygens (including phenoxy) is 3. The number of rotatable bonds is 8. The van der Waals surface area contributed by atoms with Gasteiger partial charge in [0.05, 0.1) is 7.11 Å². The van der Waals surface area contributed by atoms with Crippen LogP contribution in [0.5, 0.6) is 17.2 Å². The molecule has 2 rings (SSSR count). The fraction of sp³-hybridized carbons (Fsp3) is 0.227. The Morgan fingerprint density at radius 3 is 2.37 bits per heavy atom. The summed E-state index contributed by atoms with van der Waals surface area (Å²) in [6.45, 7) is 3.27. The molecule has 0 saturated heterocycles. The number of anilines is 1. The topological polar surface area (TPSA) is 90.9 Å². The molecule has 7 nitrogen and oxygen atoms in total. The number of hydrogen-bond acceptors (Lipinski definition) is 6. The van der Waals surface area contributed by atoms with E-state index in [4.69, 9.17) is 14.2 Å². The van der Waals surface area contributed by atoms with E-state index in [9.17, 15) is 14.4 Å². The van der Waals surface area contributed by atoms with E-state index in [0.29, 0.717) is 34.9 Å². The third-order valence-corrected chi connectivity index (χ3v) is 4.84. The second-order valence-electron chi connectivity index (χ2n) is 6.17. The molecule has 0 aliphatic rings. The Balaban J connectivity index is 2.01. The number of benzene rings is 2. The van der Waals surface area contributed by atoms with Crippen LogP contribution < -0.4 is 19.5 Å². The fourth-order valence-electron chi connectivity index (χ4n) is 2.34. The molecular weight excluding hydrogens is 454 g/mol. The zero-order valence-corrected chi connectivity index (χ0v) is 18.4. The van der Waals surface area contributed by atoms with Crippen molar-refractivity contribution < 1.29 is 28.6 Å². The molecule has 30 heavy (non-hydrogen) atoms. The first-order chi connectivity index (χ1) is 14.3. The van der Waals surface area contributed by atoms with Gasteiger partial charge in [-0.05, 0) is 54.5 Å². The van der Waals surface area contributed by atoms with Crippen LogP contribution in [0, 0.1) is 0 Å². The van der Waals surface area contributed by atoms with Crippen molar-refractivity contribution in [2.24, 2.45) is 0 Å². The summed E-state index contributed by atoms with van der Waals surface area (Å²) in [5.41, 5.74) is 1.27. The van der Waals surface area contributed by atoms with Crippen molar-refractivity contribution in [3.8, 4) is 17.2 Å². The van der Waals surface area contributed by atoms with Crippen LogP contribution in [0.2, 0.25) is 0 Å². The molecule has 0 radical (unpaired) electrons. The monoisotopic (exact) mass is 475 g/mol. The van der Waals surface area contributed by atoms with E-state index in [1.165, 1.54) is 20.1 Å². The summed E-state index contributed by atoms with van der Waals surface area (Å²) in [6.07, 6.45) is 3.43. The zero-order chi connectivity index (χ0) is 22.1. The van der Waals surface area contributed by atoms with Crippen molar-refractivity contribution >= 4 is 45.5 Å².